The first-order valence-corrected chi connectivity index (χ1v) is 7.25. The maximum Gasteiger partial charge on any atom is 0.309 e. The number of hydrogen-bond acceptors (Lipinski definition) is 4. The van der Waals surface area contributed by atoms with Gasteiger partial charge in [-0.15, -0.1) is 0 Å². The molecule has 1 rings (SSSR count). The van der Waals surface area contributed by atoms with Gasteiger partial charge in [-0.25, -0.2) is 0 Å². The lowest BCUT2D eigenvalue weighted by atomic mass is 9.90. The minimum absolute atomic E-state index is 0.255. The predicted octanol–water partition coefficient (Wildman–Crippen LogP) is 2.49. The second kappa shape index (κ2) is 8.22. The van der Waals surface area contributed by atoms with Crippen molar-refractivity contribution in [2.45, 2.75) is 20.3 Å². The second-order valence-electron chi connectivity index (χ2n) is 5.66. The monoisotopic (exact) mass is 321 g/mol. The largest absolute Gasteiger partial charge is 0.497 e. The topological polar surface area (TPSA) is 84.9 Å². The Labute approximate surface area is 136 Å². The van der Waals surface area contributed by atoms with Crippen LogP contribution in [0, 0.1) is 5.41 Å². The van der Waals surface area contributed by atoms with Crippen molar-refractivity contribution >= 4 is 11.9 Å². The highest BCUT2D eigenvalue weighted by Crippen LogP contribution is 2.25. The number of carboxylic acids is 1. The van der Waals surface area contributed by atoms with Crippen molar-refractivity contribution in [1.29, 1.82) is 0 Å². The van der Waals surface area contributed by atoms with Gasteiger partial charge in [-0.2, -0.15) is 0 Å². The fourth-order valence-corrected chi connectivity index (χ4v) is 1.78. The number of methoxy groups -OCH3 is 1. The molecule has 0 atom stereocenters. The Bertz CT molecular complexity index is 580. The van der Waals surface area contributed by atoms with Crippen molar-refractivity contribution in [3.05, 3.63) is 36.4 Å². The van der Waals surface area contributed by atoms with E-state index < -0.39 is 11.4 Å². The molecule has 0 radical (unpaired) electrons. The number of hydrogen-bond donors (Lipinski definition) is 2. The van der Waals surface area contributed by atoms with Gasteiger partial charge < -0.3 is 19.9 Å². The molecule has 0 aliphatic rings. The lowest BCUT2D eigenvalue weighted by Gasteiger charge is -2.19. The number of benzene rings is 1. The first kappa shape index (κ1) is 18.5. The number of rotatable bonds is 9. The van der Waals surface area contributed by atoms with E-state index in [1.807, 2.05) is 0 Å². The molecule has 0 saturated carbocycles. The predicted molar refractivity (Wildman–Crippen MR) is 87.1 cm³/mol. The van der Waals surface area contributed by atoms with E-state index >= 15 is 0 Å². The molecule has 0 saturated heterocycles. The van der Waals surface area contributed by atoms with Gasteiger partial charge in [0.05, 0.1) is 18.1 Å². The molecule has 6 heteroatoms. The quantitative estimate of drug-likeness (QED) is 0.683. The highest BCUT2D eigenvalue weighted by atomic mass is 16.5. The summed E-state index contributed by atoms with van der Waals surface area (Å²) in [7, 11) is 1.53. The summed E-state index contributed by atoms with van der Waals surface area (Å²) in [5.41, 5.74) is -0.532. The molecule has 0 fully saturated rings. The van der Waals surface area contributed by atoms with Crippen LogP contribution in [0.15, 0.2) is 30.9 Å². The van der Waals surface area contributed by atoms with E-state index in [2.05, 4.69) is 11.9 Å². The Balaban J connectivity index is 2.78. The van der Waals surface area contributed by atoms with Crippen molar-refractivity contribution < 1.29 is 24.2 Å². The van der Waals surface area contributed by atoms with Gasteiger partial charge in [-0.05, 0) is 32.4 Å². The van der Waals surface area contributed by atoms with Gasteiger partial charge >= 0.3 is 5.97 Å². The molecule has 0 heterocycles. The minimum atomic E-state index is -0.897. The molecule has 23 heavy (non-hydrogen) atoms. The molecular formula is C17H23NO5. The Morgan fingerprint density at radius 2 is 2.09 bits per heavy atom. The first-order chi connectivity index (χ1) is 10.8. The summed E-state index contributed by atoms with van der Waals surface area (Å²) in [5.74, 6) is -0.258. The van der Waals surface area contributed by atoms with E-state index in [0.29, 0.717) is 23.5 Å². The summed E-state index contributed by atoms with van der Waals surface area (Å²) < 4.78 is 10.6. The Kier molecular flexibility index (Phi) is 6.63. The van der Waals surface area contributed by atoms with Crippen LogP contribution < -0.4 is 14.8 Å². The SMILES string of the molecule is C=CCOc1cc(OC)ccc1C(=O)NCCC(C)(C)C(=O)O. The van der Waals surface area contributed by atoms with Gasteiger partial charge in [0.15, 0.2) is 0 Å². The van der Waals surface area contributed by atoms with Crippen molar-refractivity contribution in [3.8, 4) is 11.5 Å². The summed E-state index contributed by atoms with van der Waals surface area (Å²) in [5, 5.41) is 11.8. The molecular weight excluding hydrogens is 298 g/mol. The molecule has 0 aliphatic heterocycles. The standard InChI is InChI=1S/C17H23NO5/c1-5-10-23-14-11-12(22-4)6-7-13(14)15(19)18-9-8-17(2,3)16(20)21/h5-7,11H,1,8-10H2,2-4H3,(H,18,19)(H,20,21). The third-order valence-electron chi connectivity index (χ3n) is 3.40. The van der Waals surface area contributed by atoms with Crippen molar-refractivity contribution in [1.82, 2.24) is 5.32 Å². The maximum atomic E-state index is 12.3. The van der Waals surface area contributed by atoms with Gasteiger partial charge in [0, 0.05) is 12.6 Å². The number of amides is 1. The van der Waals surface area contributed by atoms with E-state index in [1.165, 1.54) is 7.11 Å². The molecule has 126 valence electrons. The summed E-state index contributed by atoms with van der Waals surface area (Å²) in [4.78, 5) is 23.3. The van der Waals surface area contributed by atoms with Crippen LogP contribution in [0.4, 0.5) is 0 Å². The van der Waals surface area contributed by atoms with Gasteiger partial charge in [0.25, 0.3) is 5.91 Å². The molecule has 0 aliphatic carbocycles. The zero-order valence-electron chi connectivity index (χ0n) is 13.7. The fraction of sp³-hybridized carbons (Fsp3) is 0.412. The lowest BCUT2D eigenvalue weighted by molar-refractivity contribution is -0.147. The number of ether oxygens (including phenoxy) is 2. The summed E-state index contributed by atoms with van der Waals surface area (Å²) >= 11 is 0. The van der Waals surface area contributed by atoms with Crippen LogP contribution in [0.2, 0.25) is 0 Å². The zero-order chi connectivity index (χ0) is 17.5. The van der Waals surface area contributed by atoms with Crippen molar-refractivity contribution in [2.75, 3.05) is 20.3 Å². The van der Waals surface area contributed by atoms with Crippen LogP contribution in [0.5, 0.6) is 11.5 Å². The lowest BCUT2D eigenvalue weighted by Crippen LogP contribution is -2.32. The van der Waals surface area contributed by atoms with Crippen LogP contribution in [-0.2, 0) is 4.79 Å². The minimum Gasteiger partial charge on any atom is -0.497 e. The molecule has 0 aromatic heterocycles. The Morgan fingerprint density at radius 1 is 1.39 bits per heavy atom. The molecule has 1 aromatic rings. The number of nitrogens with one attached hydrogen (secondary N) is 1. The van der Waals surface area contributed by atoms with E-state index in [4.69, 9.17) is 14.6 Å². The second-order valence-corrected chi connectivity index (χ2v) is 5.66. The number of carbonyl (C=O) groups is 2. The average molecular weight is 321 g/mol. The van der Waals surface area contributed by atoms with E-state index in [0.717, 1.165) is 0 Å². The highest BCUT2D eigenvalue weighted by Gasteiger charge is 2.26. The first-order valence-electron chi connectivity index (χ1n) is 7.25. The van der Waals surface area contributed by atoms with Crippen molar-refractivity contribution in [2.24, 2.45) is 5.41 Å². The summed E-state index contributed by atoms with van der Waals surface area (Å²) in [6.45, 7) is 7.33. The normalized spacial score (nSPS) is 10.7. The molecule has 1 amide bonds. The van der Waals surface area contributed by atoms with Crippen LogP contribution >= 0.6 is 0 Å². The fourth-order valence-electron chi connectivity index (χ4n) is 1.78. The number of carbonyl (C=O) groups excluding carboxylic acids is 1. The molecule has 0 bridgehead atoms. The van der Waals surface area contributed by atoms with Gasteiger partial charge in [0.2, 0.25) is 0 Å². The summed E-state index contributed by atoms with van der Waals surface area (Å²) in [6.07, 6.45) is 1.91. The third kappa shape index (κ3) is 5.32. The van der Waals surface area contributed by atoms with Crippen LogP contribution in [0.3, 0.4) is 0 Å². The number of carboxylic acid groups (broad SMARTS) is 1. The van der Waals surface area contributed by atoms with E-state index in [-0.39, 0.29) is 19.1 Å². The van der Waals surface area contributed by atoms with E-state index in [1.54, 1.807) is 38.1 Å². The maximum absolute atomic E-state index is 12.3. The van der Waals surface area contributed by atoms with Gasteiger partial charge in [-0.3, -0.25) is 9.59 Å². The third-order valence-corrected chi connectivity index (χ3v) is 3.40. The zero-order valence-corrected chi connectivity index (χ0v) is 13.7. The molecule has 2 N–H and O–H groups in total. The van der Waals surface area contributed by atoms with Crippen LogP contribution in [0.1, 0.15) is 30.6 Å². The molecule has 0 spiro atoms. The molecule has 0 unspecified atom stereocenters. The average Bonchev–Trinajstić information content (AvgIpc) is 2.52. The van der Waals surface area contributed by atoms with Crippen LogP contribution in [0.25, 0.3) is 0 Å². The van der Waals surface area contributed by atoms with Gasteiger partial charge in [-0.1, -0.05) is 12.7 Å². The number of aliphatic carboxylic acids is 1. The highest BCUT2D eigenvalue weighted by molar-refractivity contribution is 5.97. The summed E-state index contributed by atoms with van der Waals surface area (Å²) in [6, 6.07) is 4.89. The molecule has 6 nitrogen and oxygen atoms in total. The van der Waals surface area contributed by atoms with Gasteiger partial charge in [0.1, 0.15) is 18.1 Å². The van der Waals surface area contributed by atoms with Crippen molar-refractivity contribution in [3.63, 3.8) is 0 Å². The van der Waals surface area contributed by atoms with Crippen LogP contribution in [-0.4, -0.2) is 37.2 Å². The Hall–Kier alpha value is -2.50. The van der Waals surface area contributed by atoms with E-state index in [9.17, 15) is 9.59 Å². The smallest absolute Gasteiger partial charge is 0.309 e. The molecule has 1 aromatic carbocycles. The Morgan fingerprint density at radius 3 is 2.65 bits per heavy atom.